The summed E-state index contributed by atoms with van der Waals surface area (Å²) in [5.74, 6) is 2.30. The van der Waals surface area contributed by atoms with Gasteiger partial charge in [0.05, 0.1) is 6.17 Å². The number of nitrogens with two attached hydrogens (primary N) is 2. The Hall–Kier alpha value is -0.490. The predicted molar refractivity (Wildman–Crippen MR) is 113 cm³/mol. The van der Waals surface area contributed by atoms with Crippen LogP contribution in [-0.2, 0) is 0 Å². The van der Waals surface area contributed by atoms with E-state index in [0.717, 1.165) is 32.2 Å². The van der Waals surface area contributed by atoms with E-state index < -0.39 is 6.17 Å². The molecule has 0 radical (unpaired) electrons. The van der Waals surface area contributed by atoms with E-state index in [-0.39, 0.29) is 18.1 Å². The first kappa shape index (κ1) is 22.8. The molecule has 0 amide bonds. The summed E-state index contributed by atoms with van der Waals surface area (Å²) in [6.45, 7) is 10.4. The molecule has 2 rings (SSSR count). The molecule has 1 aliphatic carbocycles. The second-order valence-corrected chi connectivity index (χ2v) is 9.13. The summed E-state index contributed by atoms with van der Waals surface area (Å²) in [6, 6.07) is 0.768. The number of halogens is 1. The first-order valence-electron chi connectivity index (χ1n) is 11.1. The average molecular weight is 383 g/mol. The molecule has 4 nitrogen and oxygen atoms in total. The lowest BCUT2D eigenvalue weighted by molar-refractivity contribution is 0.109. The second kappa shape index (κ2) is 10.9. The third-order valence-electron chi connectivity index (χ3n) is 7.10. The van der Waals surface area contributed by atoms with E-state index in [2.05, 4.69) is 50.5 Å². The Labute approximate surface area is 166 Å². The van der Waals surface area contributed by atoms with Gasteiger partial charge >= 0.3 is 0 Å². The van der Waals surface area contributed by atoms with Crippen LogP contribution < -0.4 is 22.1 Å². The number of hydrogen-bond donors (Lipinski definition) is 4. The highest BCUT2D eigenvalue weighted by atomic mass is 19.1. The molecule has 1 saturated heterocycles. The topological polar surface area (TPSA) is 76.1 Å². The summed E-state index contributed by atoms with van der Waals surface area (Å²) in [4.78, 5) is 0. The largest absolute Gasteiger partial charge is 0.330 e. The van der Waals surface area contributed by atoms with Crippen molar-refractivity contribution in [3.63, 3.8) is 0 Å². The van der Waals surface area contributed by atoms with E-state index in [0.29, 0.717) is 36.3 Å². The maximum Gasteiger partial charge on any atom is 0.103 e. The average Bonchev–Trinajstić information content (AvgIpc) is 3.13. The van der Waals surface area contributed by atoms with Crippen LogP contribution >= 0.6 is 0 Å². The van der Waals surface area contributed by atoms with E-state index in [4.69, 9.17) is 11.5 Å². The van der Waals surface area contributed by atoms with Gasteiger partial charge in [-0.3, -0.25) is 5.32 Å². The van der Waals surface area contributed by atoms with E-state index in [1.165, 1.54) is 6.42 Å². The highest BCUT2D eigenvalue weighted by Gasteiger charge is 2.39. The van der Waals surface area contributed by atoms with Gasteiger partial charge < -0.3 is 16.8 Å². The maximum absolute atomic E-state index is 13.9. The Morgan fingerprint density at radius 3 is 2.59 bits per heavy atom. The summed E-state index contributed by atoms with van der Waals surface area (Å²) >= 11 is 0. The molecule has 9 atom stereocenters. The normalized spacial score (nSPS) is 36.6. The molecule has 0 aromatic heterocycles. The van der Waals surface area contributed by atoms with Crippen molar-refractivity contribution in [2.45, 2.75) is 84.2 Å². The van der Waals surface area contributed by atoms with Crippen LogP contribution in [0.25, 0.3) is 0 Å². The lowest BCUT2D eigenvalue weighted by Gasteiger charge is -2.37. The molecule has 9 unspecified atom stereocenters. The first-order chi connectivity index (χ1) is 12.9. The molecular formula is C22H43FN4. The van der Waals surface area contributed by atoms with Crippen LogP contribution in [0, 0.1) is 29.6 Å². The van der Waals surface area contributed by atoms with Gasteiger partial charge in [0.15, 0.2) is 0 Å². The summed E-state index contributed by atoms with van der Waals surface area (Å²) < 4.78 is 13.9. The van der Waals surface area contributed by atoms with Crippen LogP contribution in [0.4, 0.5) is 4.39 Å². The van der Waals surface area contributed by atoms with Crippen molar-refractivity contribution in [3.05, 3.63) is 12.2 Å². The van der Waals surface area contributed by atoms with Gasteiger partial charge in [-0.25, -0.2) is 4.39 Å². The zero-order valence-corrected chi connectivity index (χ0v) is 17.8. The molecule has 27 heavy (non-hydrogen) atoms. The number of alkyl halides is 1. The fourth-order valence-electron chi connectivity index (χ4n) is 5.13. The minimum Gasteiger partial charge on any atom is -0.330 e. The monoisotopic (exact) mass is 382 g/mol. The first-order valence-corrected chi connectivity index (χ1v) is 11.1. The quantitative estimate of drug-likeness (QED) is 0.365. The molecule has 5 heteroatoms. The van der Waals surface area contributed by atoms with Crippen LogP contribution in [0.3, 0.4) is 0 Å². The molecule has 2 aliphatic rings. The fraction of sp³-hybridized carbons (Fsp3) is 0.909. The van der Waals surface area contributed by atoms with Gasteiger partial charge in [0.1, 0.15) is 6.17 Å². The number of nitrogens with one attached hydrogen (secondary N) is 2. The minimum atomic E-state index is -0.602. The summed E-state index contributed by atoms with van der Waals surface area (Å²) in [6.07, 6.45) is 8.94. The van der Waals surface area contributed by atoms with Crippen molar-refractivity contribution >= 4 is 0 Å². The fourth-order valence-corrected chi connectivity index (χ4v) is 5.13. The van der Waals surface area contributed by atoms with Gasteiger partial charge in [-0.05, 0) is 81.7 Å². The molecular weight excluding hydrogens is 339 g/mol. The van der Waals surface area contributed by atoms with Crippen molar-refractivity contribution in [2.75, 3.05) is 13.1 Å². The number of hydrogen-bond acceptors (Lipinski definition) is 4. The van der Waals surface area contributed by atoms with Gasteiger partial charge in [-0.1, -0.05) is 32.9 Å². The van der Waals surface area contributed by atoms with Gasteiger partial charge in [0, 0.05) is 12.1 Å². The molecule has 2 fully saturated rings. The van der Waals surface area contributed by atoms with E-state index in [1.807, 2.05) is 0 Å². The second-order valence-electron chi connectivity index (χ2n) is 9.13. The highest BCUT2D eigenvalue weighted by molar-refractivity contribution is 5.02. The Balaban J connectivity index is 1.88. The Bertz CT molecular complexity index is 454. The Morgan fingerprint density at radius 1 is 1.22 bits per heavy atom. The summed E-state index contributed by atoms with van der Waals surface area (Å²) in [7, 11) is 0. The van der Waals surface area contributed by atoms with Crippen LogP contribution in [-0.4, -0.2) is 37.5 Å². The van der Waals surface area contributed by atoms with Gasteiger partial charge in [0.2, 0.25) is 0 Å². The summed E-state index contributed by atoms with van der Waals surface area (Å²) in [5, 5.41) is 7.20. The predicted octanol–water partition coefficient (Wildman–Crippen LogP) is 3.18. The van der Waals surface area contributed by atoms with Crippen LogP contribution in [0.2, 0.25) is 0 Å². The van der Waals surface area contributed by atoms with Crippen molar-refractivity contribution in [3.8, 4) is 0 Å². The van der Waals surface area contributed by atoms with Crippen molar-refractivity contribution in [1.29, 1.82) is 0 Å². The lowest BCUT2D eigenvalue weighted by atomic mass is 9.72. The third kappa shape index (κ3) is 6.25. The van der Waals surface area contributed by atoms with Gasteiger partial charge in [0.25, 0.3) is 0 Å². The van der Waals surface area contributed by atoms with Crippen LogP contribution in [0.5, 0.6) is 0 Å². The molecule has 0 aromatic carbocycles. The lowest BCUT2D eigenvalue weighted by Crippen LogP contribution is -2.49. The zero-order chi connectivity index (χ0) is 20.0. The molecule has 1 heterocycles. The molecule has 6 N–H and O–H groups in total. The molecule has 0 spiro atoms. The van der Waals surface area contributed by atoms with Gasteiger partial charge in [-0.15, -0.1) is 0 Å². The van der Waals surface area contributed by atoms with Crippen molar-refractivity contribution in [2.24, 2.45) is 41.1 Å². The molecule has 1 aliphatic heterocycles. The maximum atomic E-state index is 13.9. The smallest absolute Gasteiger partial charge is 0.103 e. The Morgan fingerprint density at radius 2 is 1.96 bits per heavy atom. The summed E-state index contributed by atoms with van der Waals surface area (Å²) in [5.41, 5.74) is 12.0. The van der Waals surface area contributed by atoms with E-state index in [9.17, 15) is 4.39 Å². The molecule has 158 valence electrons. The number of allylic oxidation sites excluding steroid dienone is 1. The van der Waals surface area contributed by atoms with Crippen LogP contribution in [0.1, 0.15) is 59.8 Å². The third-order valence-corrected chi connectivity index (χ3v) is 7.10. The zero-order valence-electron chi connectivity index (χ0n) is 17.8. The number of rotatable bonds is 9. The standard InChI is InChI=1S/C22H43FN4/c1-5-17(13-24)22(25)27-16(4)7-6-14(2)19-10-11-26-21(19)18-8-9-20(23)15(3)12-18/h6-7,14-22,26-27H,5,8-13,24-25H2,1-4H3/b7-6-. The Kier molecular flexibility index (Phi) is 9.20. The van der Waals surface area contributed by atoms with Gasteiger partial charge in [-0.2, -0.15) is 0 Å². The van der Waals surface area contributed by atoms with Crippen molar-refractivity contribution < 1.29 is 4.39 Å². The van der Waals surface area contributed by atoms with E-state index in [1.54, 1.807) is 0 Å². The van der Waals surface area contributed by atoms with Crippen molar-refractivity contribution in [1.82, 2.24) is 10.6 Å². The molecule has 0 aromatic rings. The molecule has 0 bridgehead atoms. The SMILES string of the molecule is CCC(CN)C(N)NC(C)/C=C\C(C)C1CCNC1C1CCC(F)C(C)C1. The minimum absolute atomic E-state index is 0.0618. The van der Waals surface area contributed by atoms with E-state index >= 15 is 0 Å². The highest BCUT2D eigenvalue weighted by Crippen LogP contribution is 2.39. The molecule has 1 saturated carbocycles. The van der Waals surface area contributed by atoms with Crippen LogP contribution in [0.15, 0.2) is 12.2 Å².